The molecule has 3 rings (SSSR count). The fraction of sp³-hybridized carbons (Fsp3) is 0.125. The molecule has 23 heavy (non-hydrogen) atoms. The summed E-state index contributed by atoms with van der Waals surface area (Å²) in [4.78, 5) is 16.5. The van der Waals surface area contributed by atoms with Crippen molar-refractivity contribution in [2.45, 2.75) is 13.5 Å². The van der Waals surface area contributed by atoms with Gasteiger partial charge in [-0.3, -0.25) is 9.20 Å². The van der Waals surface area contributed by atoms with Crippen LogP contribution in [0.4, 0.5) is 0 Å². The number of hydrogen-bond donors (Lipinski definition) is 0. The fourth-order valence-corrected chi connectivity index (χ4v) is 2.69. The molecule has 3 aromatic rings. The van der Waals surface area contributed by atoms with E-state index < -0.39 is 0 Å². The lowest BCUT2D eigenvalue weighted by atomic mass is 10.3. The maximum absolute atomic E-state index is 12.1. The van der Waals surface area contributed by atoms with Gasteiger partial charge in [-0.2, -0.15) is 0 Å². The van der Waals surface area contributed by atoms with Gasteiger partial charge in [0.05, 0.1) is 20.8 Å². The maximum Gasteiger partial charge on any atom is 0.258 e. The number of nitrogens with zero attached hydrogens (tertiary/aromatic N) is 2. The summed E-state index contributed by atoms with van der Waals surface area (Å²) >= 11 is 17.9. The summed E-state index contributed by atoms with van der Waals surface area (Å²) in [6, 6.07) is 8.14. The van der Waals surface area contributed by atoms with Crippen molar-refractivity contribution in [3.05, 3.63) is 73.2 Å². The first-order valence-electron chi connectivity index (χ1n) is 6.70. The Morgan fingerprint density at radius 2 is 1.83 bits per heavy atom. The molecule has 7 heteroatoms. The second-order valence-corrected chi connectivity index (χ2v) is 6.23. The normalized spacial score (nSPS) is 11.0. The molecule has 0 unspecified atom stereocenters. The molecule has 0 fully saturated rings. The molecular formula is C16H11Cl3N2O2. The quantitative estimate of drug-likeness (QED) is 0.637. The van der Waals surface area contributed by atoms with E-state index in [4.69, 9.17) is 39.5 Å². The van der Waals surface area contributed by atoms with Gasteiger partial charge >= 0.3 is 0 Å². The predicted molar refractivity (Wildman–Crippen MR) is 92.0 cm³/mol. The van der Waals surface area contributed by atoms with Crippen LogP contribution in [0.15, 0.2) is 41.3 Å². The van der Waals surface area contributed by atoms with Crippen LogP contribution < -0.4 is 10.3 Å². The van der Waals surface area contributed by atoms with Gasteiger partial charge < -0.3 is 4.74 Å². The zero-order valence-electron chi connectivity index (χ0n) is 12.0. The summed E-state index contributed by atoms with van der Waals surface area (Å²) in [7, 11) is 0. The van der Waals surface area contributed by atoms with Crippen LogP contribution in [0.1, 0.15) is 11.3 Å². The number of hydrogen-bond acceptors (Lipinski definition) is 3. The molecule has 2 heterocycles. The highest BCUT2D eigenvalue weighted by Gasteiger charge is 2.09. The Morgan fingerprint density at radius 1 is 1.09 bits per heavy atom. The summed E-state index contributed by atoms with van der Waals surface area (Å²) in [5.74, 6) is 0.381. The highest BCUT2D eigenvalue weighted by atomic mass is 35.5. The van der Waals surface area contributed by atoms with E-state index in [2.05, 4.69) is 4.98 Å². The standard InChI is InChI=1S/C16H11Cl3N2O2/c1-9-2-3-15-20-10(4-16(22)21(15)7-9)8-23-14-6-12(18)11(17)5-13(14)19/h2-7H,8H2,1H3. The lowest BCUT2D eigenvalue weighted by molar-refractivity contribution is 0.301. The molecule has 0 N–H and O–H groups in total. The van der Waals surface area contributed by atoms with Crippen molar-refractivity contribution >= 4 is 40.4 Å². The number of pyridine rings is 1. The summed E-state index contributed by atoms with van der Waals surface area (Å²) in [6.07, 6.45) is 1.74. The third-order valence-electron chi connectivity index (χ3n) is 3.21. The van der Waals surface area contributed by atoms with E-state index in [0.29, 0.717) is 32.2 Å². The fourth-order valence-electron chi connectivity index (χ4n) is 2.10. The largest absolute Gasteiger partial charge is 0.486 e. The number of fused-ring (bicyclic) bond motifs is 1. The van der Waals surface area contributed by atoms with Crippen LogP contribution in [0.2, 0.25) is 15.1 Å². The Bertz CT molecular complexity index is 954. The molecule has 0 bridgehead atoms. The van der Waals surface area contributed by atoms with Gasteiger partial charge in [0.1, 0.15) is 18.0 Å². The zero-order valence-corrected chi connectivity index (χ0v) is 14.3. The third-order valence-corrected chi connectivity index (χ3v) is 4.23. The minimum atomic E-state index is -0.169. The molecule has 0 atom stereocenters. The Hall–Kier alpha value is -1.75. The van der Waals surface area contributed by atoms with Crippen molar-refractivity contribution < 1.29 is 4.74 Å². The average Bonchev–Trinajstić information content (AvgIpc) is 2.50. The molecule has 0 spiro atoms. The Balaban J connectivity index is 1.89. The lowest BCUT2D eigenvalue weighted by Gasteiger charge is -2.10. The predicted octanol–water partition coefficient (Wildman–Crippen LogP) is 4.54. The van der Waals surface area contributed by atoms with Crippen LogP contribution >= 0.6 is 34.8 Å². The summed E-state index contributed by atoms with van der Waals surface area (Å²) in [6.45, 7) is 2.01. The van der Waals surface area contributed by atoms with Crippen LogP contribution in [-0.2, 0) is 6.61 Å². The summed E-state index contributed by atoms with van der Waals surface area (Å²) in [5.41, 5.74) is 1.87. The van der Waals surface area contributed by atoms with Gasteiger partial charge in [-0.05, 0) is 24.6 Å². The van der Waals surface area contributed by atoms with Crippen molar-refractivity contribution in [2.75, 3.05) is 0 Å². The topological polar surface area (TPSA) is 43.6 Å². The number of aryl methyl sites for hydroxylation is 1. The first-order valence-corrected chi connectivity index (χ1v) is 7.84. The van der Waals surface area contributed by atoms with Gasteiger partial charge in [0, 0.05) is 18.3 Å². The van der Waals surface area contributed by atoms with Gasteiger partial charge in [0.15, 0.2) is 0 Å². The zero-order chi connectivity index (χ0) is 16.6. The monoisotopic (exact) mass is 368 g/mol. The molecular weight excluding hydrogens is 359 g/mol. The molecule has 0 aliphatic carbocycles. The van der Waals surface area contributed by atoms with E-state index >= 15 is 0 Å². The second-order valence-electron chi connectivity index (χ2n) is 5.01. The number of benzene rings is 1. The smallest absolute Gasteiger partial charge is 0.258 e. The van der Waals surface area contributed by atoms with Gasteiger partial charge in [0.25, 0.3) is 5.56 Å². The Labute approximate surface area is 147 Å². The van der Waals surface area contributed by atoms with Crippen molar-refractivity contribution in [1.82, 2.24) is 9.38 Å². The second kappa shape index (κ2) is 6.40. The van der Waals surface area contributed by atoms with E-state index in [1.54, 1.807) is 12.3 Å². The first-order chi connectivity index (χ1) is 10.9. The molecule has 0 aliphatic heterocycles. The van der Waals surface area contributed by atoms with Crippen LogP contribution in [0.5, 0.6) is 5.75 Å². The SMILES string of the molecule is Cc1ccc2nc(COc3cc(Cl)c(Cl)cc3Cl)cc(=O)n2c1. The highest BCUT2D eigenvalue weighted by molar-refractivity contribution is 6.43. The summed E-state index contributed by atoms with van der Waals surface area (Å²) in [5, 5.41) is 1.03. The molecule has 0 amide bonds. The Morgan fingerprint density at radius 3 is 2.61 bits per heavy atom. The maximum atomic E-state index is 12.1. The third kappa shape index (κ3) is 3.44. The van der Waals surface area contributed by atoms with E-state index in [1.807, 2.05) is 13.0 Å². The Kier molecular flexibility index (Phi) is 4.48. The van der Waals surface area contributed by atoms with E-state index in [1.165, 1.54) is 22.6 Å². The molecule has 2 aromatic heterocycles. The van der Waals surface area contributed by atoms with Gasteiger partial charge in [-0.1, -0.05) is 40.9 Å². The number of rotatable bonds is 3. The van der Waals surface area contributed by atoms with Gasteiger partial charge in [0.2, 0.25) is 0 Å². The lowest BCUT2D eigenvalue weighted by Crippen LogP contribution is -2.16. The molecule has 4 nitrogen and oxygen atoms in total. The van der Waals surface area contributed by atoms with E-state index in [-0.39, 0.29) is 12.2 Å². The molecule has 0 saturated heterocycles. The van der Waals surface area contributed by atoms with E-state index in [0.717, 1.165) is 5.56 Å². The van der Waals surface area contributed by atoms with E-state index in [9.17, 15) is 4.79 Å². The van der Waals surface area contributed by atoms with Crippen LogP contribution in [-0.4, -0.2) is 9.38 Å². The average molecular weight is 370 g/mol. The van der Waals surface area contributed by atoms with Crippen molar-refractivity contribution in [3.8, 4) is 5.75 Å². The minimum absolute atomic E-state index is 0.0945. The number of ether oxygens (including phenoxy) is 1. The van der Waals surface area contributed by atoms with Gasteiger partial charge in [-0.25, -0.2) is 4.98 Å². The number of halogens is 3. The van der Waals surface area contributed by atoms with Crippen molar-refractivity contribution in [3.63, 3.8) is 0 Å². The van der Waals surface area contributed by atoms with Crippen LogP contribution in [0, 0.1) is 6.92 Å². The number of aromatic nitrogens is 2. The minimum Gasteiger partial charge on any atom is -0.486 e. The molecule has 0 aliphatic rings. The molecule has 0 saturated carbocycles. The molecule has 1 aromatic carbocycles. The van der Waals surface area contributed by atoms with Crippen LogP contribution in [0.25, 0.3) is 5.65 Å². The van der Waals surface area contributed by atoms with Crippen LogP contribution in [0.3, 0.4) is 0 Å². The van der Waals surface area contributed by atoms with Crippen molar-refractivity contribution in [1.29, 1.82) is 0 Å². The van der Waals surface area contributed by atoms with Crippen molar-refractivity contribution in [2.24, 2.45) is 0 Å². The van der Waals surface area contributed by atoms with Gasteiger partial charge in [-0.15, -0.1) is 0 Å². The summed E-state index contributed by atoms with van der Waals surface area (Å²) < 4.78 is 7.09. The molecule has 118 valence electrons. The highest BCUT2D eigenvalue weighted by Crippen LogP contribution is 2.34. The first kappa shape index (κ1) is 16.1. The molecule has 0 radical (unpaired) electrons.